The third-order valence-corrected chi connectivity index (χ3v) is 3.84. The molecule has 0 aliphatic heterocycles. The van der Waals surface area contributed by atoms with E-state index in [1.165, 1.54) is 16.7 Å². The van der Waals surface area contributed by atoms with Gasteiger partial charge in [-0.05, 0) is 79.1 Å². The monoisotopic (exact) mass is 292 g/mol. The lowest BCUT2D eigenvalue weighted by Crippen LogP contribution is -1.99. The molecule has 0 spiro atoms. The third kappa shape index (κ3) is 3.91. The van der Waals surface area contributed by atoms with Crippen molar-refractivity contribution in [3.05, 3.63) is 59.2 Å². The number of hydrogen-bond donors (Lipinski definition) is 0. The summed E-state index contributed by atoms with van der Waals surface area (Å²) in [6.45, 7) is 12.2. The molecule has 2 rings (SSSR count). The van der Waals surface area contributed by atoms with E-state index in [0.717, 1.165) is 23.5 Å². The van der Waals surface area contributed by atoms with Gasteiger partial charge in [-0.2, -0.15) is 0 Å². The van der Waals surface area contributed by atoms with Gasteiger partial charge >= 0.3 is 0 Å². The Morgan fingerprint density at radius 1 is 1.05 bits per heavy atom. The molecular formula is C20H24N2. The number of hydrogen-bond acceptors (Lipinski definition) is 2. The summed E-state index contributed by atoms with van der Waals surface area (Å²) in [5.74, 6) is 0.524. The van der Waals surface area contributed by atoms with Crippen molar-refractivity contribution in [1.29, 1.82) is 0 Å². The quantitative estimate of drug-likeness (QED) is 0.618. The smallest absolute Gasteiger partial charge is 0.0634 e. The fraction of sp³-hybridized carbons (Fsp3) is 0.300. The summed E-state index contributed by atoms with van der Waals surface area (Å²) in [7, 11) is 0. The highest BCUT2D eigenvalue weighted by Gasteiger charge is 2.06. The molecule has 0 bridgehead atoms. The zero-order valence-electron chi connectivity index (χ0n) is 13.9. The largest absolute Gasteiger partial charge is 0.265 e. The molecule has 0 saturated carbocycles. The zero-order valence-corrected chi connectivity index (χ0v) is 13.9. The van der Waals surface area contributed by atoms with Crippen molar-refractivity contribution in [3.8, 4) is 0 Å². The maximum absolute atomic E-state index is 4.74. The molecular weight excluding hydrogens is 268 g/mol. The maximum Gasteiger partial charge on any atom is 0.0634 e. The highest BCUT2D eigenvalue weighted by atomic mass is 14.7. The lowest BCUT2D eigenvalue weighted by molar-refractivity contribution is 0.862. The highest BCUT2D eigenvalue weighted by molar-refractivity contribution is 6.00. The molecule has 0 amide bonds. The predicted octanol–water partition coefficient (Wildman–Crippen LogP) is 5.85. The molecule has 22 heavy (non-hydrogen) atoms. The summed E-state index contributed by atoms with van der Waals surface area (Å²) in [5, 5.41) is 0. The Bertz CT molecular complexity index is 679. The van der Waals surface area contributed by atoms with E-state index >= 15 is 0 Å². The molecule has 0 aliphatic rings. The van der Waals surface area contributed by atoms with Crippen LogP contribution in [0.25, 0.3) is 0 Å². The maximum atomic E-state index is 4.74. The summed E-state index contributed by atoms with van der Waals surface area (Å²) in [5.41, 5.74) is 6.78. The molecule has 0 fully saturated rings. The van der Waals surface area contributed by atoms with Crippen LogP contribution in [0.4, 0.5) is 11.4 Å². The summed E-state index contributed by atoms with van der Waals surface area (Å²) in [6.07, 6.45) is 1.04. The molecule has 0 aliphatic carbocycles. The fourth-order valence-corrected chi connectivity index (χ4v) is 2.36. The number of aryl methyl sites for hydroxylation is 1. The average Bonchev–Trinajstić information content (AvgIpc) is 2.54. The lowest BCUT2D eigenvalue weighted by Gasteiger charge is -2.11. The van der Waals surface area contributed by atoms with Gasteiger partial charge in [0.15, 0.2) is 0 Å². The first kappa shape index (κ1) is 16.2. The highest BCUT2D eigenvalue weighted by Crippen LogP contribution is 2.22. The van der Waals surface area contributed by atoms with Crippen LogP contribution in [0.1, 0.15) is 50.3 Å². The van der Waals surface area contributed by atoms with Crippen molar-refractivity contribution < 1.29 is 0 Å². The molecule has 2 aromatic rings. The van der Waals surface area contributed by atoms with Crippen molar-refractivity contribution in [2.75, 3.05) is 0 Å². The molecule has 0 atom stereocenters. The molecule has 0 radical (unpaired) electrons. The van der Waals surface area contributed by atoms with Crippen LogP contribution in [0.5, 0.6) is 0 Å². The molecule has 2 aromatic carbocycles. The number of benzene rings is 2. The first-order chi connectivity index (χ1) is 10.5. The van der Waals surface area contributed by atoms with Gasteiger partial charge in [-0.15, -0.1) is 0 Å². The van der Waals surface area contributed by atoms with Crippen LogP contribution in [0.15, 0.2) is 52.4 Å². The molecule has 0 N–H and O–H groups in total. The van der Waals surface area contributed by atoms with Crippen LogP contribution in [-0.2, 0) is 6.42 Å². The standard InChI is InChI=1S/C20H24N2/c1-6-16-11-17(14(2)3)13-18(12-16)15(4)22-20-9-7-19(21-5)8-10-20/h7-14H,5-6H2,1-4H3/b22-15+. The van der Waals surface area contributed by atoms with Crippen molar-refractivity contribution in [2.45, 2.75) is 40.0 Å². The summed E-state index contributed by atoms with van der Waals surface area (Å²) in [6, 6.07) is 14.6. The molecule has 0 saturated heterocycles. The van der Waals surface area contributed by atoms with Crippen molar-refractivity contribution in [1.82, 2.24) is 0 Å². The Kier molecular flexibility index (Phi) is 5.26. The number of rotatable bonds is 5. The fourth-order valence-electron chi connectivity index (χ4n) is 2.36. The van der Waals surface area contributed by atoms with Crippen molar-refractivity contribution in [3.63, 3.8) is 0 Å². The Hall–Kier alpha value is -2.22. The average molecular weight is 292 g/mol. The predicted molar refractivity (Wildman–Crippen MR) is 97.4 cm³/mol. The molecule has 0 unspecified atom stereocenters. The van der Waals surface area contributed by atoms with Gasteiger partial charge < -0.3 is 0 Å². The topological polar surface area (TPSA) is 24.7 Å². The van der Waals surface area contributed by atoms with E-state index in [1.807, 2.05) is 24.3 Å². The Morgan fingerprint density at radius 2 is 1.68 bits per heavy atom. The van der Waals surface area contributed by atoms with Gasteiger partial charge in [-0.1, -0.05) is 26.8 Å². The summed E-state index contributed by atoms with van der Waals surface area (Å²) >= 11 is 0. The lowest BCUT2D eigenvalue weighted by atomic mass is 9.95. The second-order valence-corrected chi connectivity index (χ2v) is 5.84. The van der Waals surface area contributed by atoms with Gasteiger partial charge in [-0.3, -0.25) is 9.98 Å². The Morgan fingerprint density at radius 3 is 2.23 bits per heavy atom. The summed E-state index contributed by atoms with van der Waals surface area (Å²) in [4.78, 5) is 8.64. The van der Waals surface area contributed by atoms with E-state index in [9.17, 15) is 0 Å². The van der Waals surface area contributed by atoms with Crippen molar-refractivity contribution >= 4 is 23.8 Å². The second-order valence-electron chi connectivity index (χ2n) is 5.84. The van der Waals surface area contributed by atoms with Crippen LogP contribution in [0.3, 0.4) is 0 Å². The van der Waals surface area contributed by atoms with Gasteiger partial charge in [0.1, 0.15) is 0 Å². The minimum atomic E-state index is 0.524. The van der Waals surface area contributed by atoms with E-state index < -0.39 is 0 Å². The number of nitrogens with zero attached hydrogens (tertiary/aromatic N) is 2. The molecule has 2 nitrogen and oxygen atoms in total. The Labute approximate surface area is 133 Å². The van der Waals surface area contributed by atoms with Crippen LogP contribution in [-0.4, -0.2) is 12.4 Å². The van der Waals surface area contributed by atoms with Crippen LogP contribution in [0, 0.1) is 0 Å². The van der Waals surface area contributed by atoms with Gasteiger partial charge in [0, 0.05) is 5.71 Å². The normalized spacial score (nSPS) is 11.8. The van der Waals surface area contributed by atoms with Gasteiger partial charge in [0.05, 0.1) is 11.4 Å². The van der Waals surface area contributed by atoms with Crippen molar-refractivity contribution in [2.24, 2.45) is 9.98 Å². The first-order valence-electron chi connectivity index (χ1n) is 7.79. The first-order valence-corrected chi connectivity index (χ1v) is 7.79. The molecule has 114 valence electrons. The third-order valence-electron chi connectivity index (χ3n) is 3.84. The van der Waals surface area contributed by atoms with Crippen LogP contribution < -0.4 is 0 Å². The van der Waals surface area contributed by atoms with E-state index in [2.05, 4.69) is 57.6 Å². The minimum absolute atomic E-state index is 0.524. The number of aliphatic imine (C=N–C) groups is 2. The summed E-state index contributed by atoms with van der Waals surface area (Å²) < 4.78 is 0. The Balaban J connectivity index is 2.38. The minimum Gasteiger partial charge on any atom is -0.265 e. The zero-order chi connectivity index (χ0) is 16.1. The van der Waals surface area contributed by atoms with Gasteiger partial charge in [0.2, 0.25) is 0 Å². The van der Waals surface area contributed by atoms with E-state index in [1.54, 1.807) is 0 Å². The van der Waals surface area contributed by atoms with Crippen LogP contribution in [0.2, 0.25) is 0 Å². The molecule has 0 heterocycles. The molecule has 2 heteroatoms. The van der Waals surface area contributed by atoms with E-state index in [4.69, 9.17) is 4.99 Å². The SMILES string of the molecule is C=Nc1ccc(/N=C(\C)c2cc(CC)cc(C(C)C)c2)cc1. The van der Waals surface area contributed by atoms with Crippen LogP contribution >= 0.6 is 0 Å². The second kappa shape index (κ2) is 7.17. The van der Waals surface area contributed by atoms with Gasteiger partial charge in [0.25, 0.3) is 0 Å². The van der Waals surface area contributed by atoms with E-state index in [0.29, 0.717) is 5.92 Å². The van der Waals surface area contributed by atoms with E-state index in [-0.39, 0.29) is 0 Å². The molecule has 0 aromatic heterocycles. The van der Waals surface area contributed by atoms with Gasteiger partial charge in [-0.25, -0.2) is 0 Å².